The fourth-order valence-electron chi connectivity index (χ4n) is 2.75. The van der Waals surface area contributed by atoms with Crippen LogP contribution in [0.3, 0.4) is 0 Å². The first-order valence-corrected chi connectivity index (χ1v) is 9.20. The Balaban J connectivity index is 1.70. The van der Waals surface area contributed by atoms with Gasteiger partial charge >= 0.3 is 0 Å². The molecule has 138 valence electrons. The third kappa shape index (κ3) is 7.03. The smallest absolute Gasteiger partial charge is 0.222 e. The average molecular weight is 346 g/mol. The number of carbonyl (C=O) groups excluding carboxylic acids is 1. The van der Waals surface area contributed by atoms with E-state index >= 15 is 0 Å². The average Bonchev–Trinajstić information content (AvgIpc) is 3.02. The molecule has 1 aromatic rings. The lowest BCUT2D eigenvalue weighted by molar-refractivity contribution is -0.127. The molecule has 0 spiro atoms. The molecule has 2 N–H and O–H groups in total. The summed E-state index contributed by atoms with van der Waals surface area (Å²) < 4.78 is 5.84. The molecule has 1 unspecified atom stereocenters. The fourth-order valence-corrected chi connectivity index (χ4v) is 2.75. The molecule has 0 radical (unpaired) electrons. The van der Waals surface area contributed by atoms with Crippen LogP contribution in [0.25, 0.3) is 0 Å². The second kappa shape index (κ2) is 10.6. The minimum Gasteiger partial charge on any atom is -0.489 e. The number of nitrogens with zero attached hydrogens (tertiary/aromatic N) is 2. The molecule has 1 saturated heterocycles. The minimum absolute atomic E-state index is 0.0000718. The van der Waals surface area contributed by atoms with E-state index in [9.17, 15) is 4.79 Å². The van der Waals surface area contributed by atoms with Crippen LogP contribution < -0.4 is 15.4 Å². The van der Waals surface area contributed by atoms with Crippen molar-refractivity contribution in [1.82, 2.24) is 15.5 Å². The summed E-state index contributed by atoms with van der Waals surface area (Å²) in [7, 11) is 0. The van der Waals surface area contributed by atoms with E-state index < -0.39 is 0 Å². The zero-order chi connectivity index (χ0) is 17.9. The lowest BCUT2D eigenvalue weighted by Crippen LogP contribution is -2.39. The van der Waals surface area contributed by atoms with Crippen LogP contribution in [-0.4, -0.2) is 55.6 Å². The molecule has 6 heteroatoms. The first-order valence-electron chi connectivity index (χ1n) is 9.20. The van der Waals surface area contributed by atoms with Crippen LogP contribution in [0.15, 0.2) is 35.3 Å². The maximum atomic E-state index is 11.6. The van der Waals surface area contributed by atoms with Crippen molar-refractivity contribution >= 4 is 11.9 Å². The molecular weight excluding hydrogens is 316 g/mol. The van der Waals surface area contributed by atoms with Crippen molar-refractivity contribution < 1.29 is 9.53 Å². The number of carbonyl (C=O) groups is 1. The highest BCUT2D eigenvalue weighted by molar-refractivity contribution is 5.79. The van der Waals surface area contributed by atoms with Gasteiger partial charge in [0.25, 0.3) is 0 Å². The lowest BCUT2D eigenvalue weighted by Gasteiger charge is -2.17. The Morgan fingerprint density at radius 2 is 2.12 bits per heavy atom. The Labute approximate surface area is 150 Å². The summed E-state index contributed by atoms with van der Waals surface area (Å²) in [4.78, 5) is 18.1. The Hall–Kier alpha value is -2.24. The number of nitrogens with one attached hydrogen (secondary N) is 2. The Bertz CT molecular complexity index is 548. The maximum Gasteiger partial charge on any atom is 0.222 e. The number of likely N-dealkylation sites (tertiary alicyclic amines) is 1. The molecule has 1 aliphatic rings. The zero-order valence-corrected chi connectivity index (χ0v) is 15.3. The third-order valence-electron chi connectivity index (χ3n) is 4.00. The van der Waals surface area contributed by atoms with Crippen LogP contribution in [-0.2, 0) is 4.79 Å². The van der Waals surface area contributed by atoms with Gasteiger partial charge in [0.15, 0.2) is 5.96 Å². The molecule has 1 aromatic carbocycles. The van der Waals surface area contributed by atoms with Crippen molar-refractivity contribution in [2.24, 2.45) is 4.99 Å². The van der Waals surface area contributed by atoms with E-state index in [0.29, 0.717) is 13.0 Å². The van der Waals surface area contributed by atoms with Gasteiger partial charge in [-0.05, 0) is 38.8 Å². The Kier molecular flexibility index (Phi) is 8.09. The van der Waals surface area contributed by atoms with Gasteiger partial charge in [0, 0.05) is 32.6 Å². The van der Waals surface area contributed by atoms with Gasteiger partial charge in [-0.25, -0.2) is 4.99 Å². The molecule has 1 aliphatic heterocycles. The van der Waals surface area contributed by atoms with Crippen molar-refractivity contribution in [2.45, 2.75) is 39.2 Å². The predicted octanol–water partition coefficient (Wildman–Crippen LogP) is 2.02. The molecule has 1 amide bonds. The summed E-state index contributed by atoms with van der Waals surface area (Å²) in [5.41, 5.74) is 0. The zero-order valence-electron chi connectivity index (χ0n) is 15.3. The number of ether oxygens (including phenoxy) is 1. The quantitative estimate of drug-likeness (QED) is 0.408. The van der Waals surface area contributed by atoms with Gasteiger partial charge in [0.05, 0.1) is 6.54 Å². The first-order chi connectivity index (χ1) is 12.2. The first kappa shape index (κ1) is 19.1. The second-order valence-corrected chi connectivity index (χ2v) is 6.23. The highest BCUT2D eigenvalue weighted by atomic mass is 16.5. The van der Waals surface area contributed by atoms with E-state index in [1.807, 2.05) is 49.1 Å². The van der Waals surface area contributed by atoms with E-state index in [0.717, 1.165) is 50.7 Å². The summed E-state index contributed by atoms with van der Waals surface area (Å²) in [5.74, 6) is 1.93. The van der Waals surface area contributed by atoms with Gasteiger partial charge in [-0.2, -0.15) is 0 Å². The molecule has 1 fully saturated rings. The van der Waals surface area contributed by atoms with Gasteiger partial charge < -0.3 is 20.3 Å². The second-order valence-electron chi connectivity index (χ2n) is 6.23. The predicted molar refractivity (Wildman–Crippen MR) is 101 cm³/mol. The minimum atomic E-state index is 0.0000718. The number of hydrogen-bond donors (Lipinski definition) is 2. The molecule has 0 aliphatic carbocycles. The number of para-hydroxylation sites is 1. The monoisotopic (exact) mass is 346 g/mol. The van der Waals surface area contributed by atoms with Crippen LogP contribution in [0.1, 0.15) is 33.1 Å². The molecule has 0 bridgehead atoms. The Morgan fingerprint density at radius 3 is 2.80 bits per heavy atom. The highest BCUT2D eigenvalue weighted by Crippen LogP contribution is 2.11. The highest BCUT2D eigenvalue weighted by Gasteiger charge is 2.18. The van der Waals surface area contributed by atoms with Crippen LogP contribution in [0.2, 0.25) is 0 Å². The molecule has 2 rings (SSSR count). The van der Waals surface area contributed by atoms with Crippen LogP contribution in [0.4, 0.5) is 0 Å². The number of rotatable bonds is 9. The van der Waals surface area contributed by atoms with E-state index in [1.165, 1.54) is 0 Å². The molecule has 0 aromatic heterocycles. The summed E-state index contributed by atoms with van der Waals surface area (Å²) in [6, 6.07) is 9.79. The summed E-state index contributed by atoms with van der Waals surface area (Å²) in [6.07, 6.45) is 2.62. The largest absolute Gasteiger partial charge is 0.489 e. The van der Waals surface area contributed by atoms with Crippen LogP contribution in [0, 0.1) is 0 Å². The number of benzene rings is 1. The normalized spacial score (nSPS) is 16.0. The number of amides is 1. The Morgan fingerprint density at radius 1 is 1.32 bits per heavy atom. The number of aliphatic imine (C=N–C) groups is 1. The molecule has 1 atom stereocenters. The fraction of sp³-hybridized carbons (Fsp3) is 0.579. The van der Waals surface area contributed by atoms with Gasteiger partial charge in [0.1, 0.15) is 11.9 Å². The van der Waals surface area contributed by atoms with E-state index in [2.05, 4.69) is 15.6 Å². The third-order valence-corrected chi connectivity index (χ3v) is 4.00. The molecular formula is C19H30N4O2. The standard InChI is InChI=1S/C19H30N4O2/c1-3-20-19(21-12-8-14-23-13-7-11-18(23)24)22-15-16(2)25-17-9-5-4-6-10-17/h4-6,9-10,16H,3,7-8,11-15H2,1-2H3,(H2,20,21,22). The summed E-state index contributed by atoms with van der Waals surface area (Å²) in [5, 5.41) is 6.57. The van der Waals surface area contributed by atoms with Gasteiger partial charge in [-0.15, -0.1) is 0 Å². The van der Waals surface area contributed by atoms with E-state index in [-0.39, 0.29) is 12.0 Å². The van der Waals surface area contributed by atoms with Crippen LogP contribution >= 0.6 is 0 Å². The number of hydrogen-bond acceptors (Lipinski definition) is 3. The maximum absolute atomic E-state index is 11.6. The van der Waals surface area contributed by atoms with Gasteiger partial charge in [0.2, 0.25) is 5.91 Å². The van der Waals surface area contributed by atoms with Crippen molar-refractivity contribution in [2.75, 3.05) is 32.7 Å². The topological polar surface area (TPSA) is 66.0 Å². The number of guanidine groups is 1. The summed E-state index contributed by atoms with van der Waals surface area (Å²) in [6.45, 7) is 7.96. The SMILES string of the molecule is CCNC(=NCC(C)Oc1ccccc1)NCCCN1CCCC1=O. The van der Waals surface area contributed by atoms with Gasteiger partial charge in [-0.3, -0.25) is 4.79 Å². The van der Waals surface area contributed by atoms with E-state index in [4.69, 9.17) is 4.74 Å². The van der Waals surface area contributed by atoms with E-state index in [1.54, 1.807) is 0 Å². The molecule has 0 saturated carbocycles. The molecule has 6 nitrogen and oxygen atoms in total. The van der Waals surface area contributed by atoms with Crippen molar-refractivity contribution in [1.29, 1.82) is 0 Å². The van der Waals surface area contributed by atoms with Crippen molar-refractivity contribution in [3.8, 4) is 5.75 Å². The lowest BCUT2D eigenvalue weighted by atomic mass is 10.3. The molecule has 25 heavy (non-hydrogen) atoms. The van der Waals surface area contributed by atoms with Gasteiger partial charge in [-0.1, -0.05) is 18.2 Å². The summed E-state index contributed by atoms with van der Waals surface area (Å²) >= 11 is 0. The van der Waals surface area contributed by atoms with Crippen molar-refractivity contribution in [3.05, 3.63) is 30.3 Å². The molecule has 1 heterocycles. The van der Waals surface area contributed by atoms with Crippen LogP contribution in [0.5, 0.6) is 5.75 Å². The van der Waals surface area contributed by atoms with Crippen molar-refractivity contribution in [3.63, 3.8) is 0 Å².